The maximum atomic E-state index is 4.43. The van der Waals surface area contributed by atoms with Gasteiger partial charge >= 0.3 is 0 Å². The number of nitrogens with zero attached hydrogens (tertiary/aromatic N) is 1. The molecule has 0 amide bonds. The van der Waals surface area contributed by atoms with Crippen molar-refractivity contribution in [2.45, 2.75) is 26.2 Å². The fourth-order valence-corrected chi connectivity index (χ4v) is 5.87. The zero-order valence-electron chi connectivity index (χ0n) is 9.90. The van der Waals surface area contributed by atoms with E-state index in [0.29, 0.717) is 0 Å². The highest BCUT2D eigenvalue weighted by Crippen LogP contribution is 2.65. The number of hydrogen-bond acceptors (Lipinski definition) is 2. The van der Waals surface area contributed by atoms with Gasteiger partial charge in [-0.25, -0.2) is 4.98 Å². The Morgan fingerprint density at radius 3 is 3.12 bits per heavy atom. The Morgan fingerprint density at radius 2 is 2.41 bits per heavy atom. The molecule has 6 heteroatoms. The van der Waals surface area contributed by atoms with Crippen molar-refractivity contribution in [3.05, 3.63) is 29.6 Å². The molecule has 0 saturated carbocycles. The highest BCUT2D eigenvalue weighted by Gasteiger charge is 2.17. The summed E-state index contributed by atoms with van der Waals surface area (Å²) in [5.74, 6) is 1.06. The van der Waals surface area contributed by atoms with Gasteiger partial charge in [-0.15, -0.1) is 17.9 Å². The zero-order chi connectivity index (χ0) is 12.3. The molecule has 4 atom stereocenters. The van der Waals surface area contributed by atoms with Crippen molar-refractivity contribution in [1.82, 2.24) is 4.98 Å². The molecule has 0 aromatic carbocycles. The molecule has 1 aromatic heterocycles. The second-order valence-corrected chi connectivity index (χ2v) is 13.2. The summed E-state index contributed by atoms with van der Waals surface area (Å²) in [5.41, 5.74) is 2.91. The number of pyridine rings is 1. The van der Waals surface area contributed by atoms with E-state index in [2.05, 4.69) is 47.3 Å². The van der Waals surface area contributed by atoms with Gasteiger partial charge in [-0.05, 0) is 37.1 Å². The van der Waals surface area contributed by atoms with Crippen LogP contribution >= 0.6 is 33.1 Å². The lowest BCUT2D eigenvalue weighted by molar-refractivity contribution is 0.861. The fraction of sp³-hybridized carbons (Fsp3) is 0.364. The molecule has 0 saturated heterocycles. The molecular formula is C11H18N2P4. The van der Waals surface area contributed by atoms with Crippen molar-refractivity contribution in [3.8, 4) is 0 Å². The second-order valence-electron chi connectivity index (χ2n) is 4.03. The minimum Gasteiger partial charge on any atom is -0.346 e. The fourth-order valence-electron chi connectivity index (χ4n) is 2.01. The number of anilines is 1. The van der Waals surface area contributed by atoms with Crippen LogP contribution in [0.4, 0.5) is 5.82 Å². The molecule has 0 spiro atoms. The standard InChI is InChI=1S/C11H18N2P4/c1-2-3-8-6-9-10(17(15)16-14)4-5-12-11(9)13-7-8/h4-5,7,16H,2-3,6,14-15H2,1H3,(H,12,13). The Morgan fingerprint density at radius 1 is 1.59 bits per heavy atom. The predicted molar refractivity (Wildman–Crippen MR) is 88.8 cm³/mol. The Balaban J connectivity index is 2.30. The average molecular weight is 302 g/mol. The third-order valence-electron chi connectivity index (χ3n) is 2.82. The Kier molecular flexibility index (Phi) is 5.32. The predicted octanol–water partition coefficient (Wildman–Crippen LogP) is 4.01. The minimum absolute atomic E-state index is 0.116. The molecule has 92 valence electrons. The lowest BCUT2D eigenvalue weighted by Gasteiger charge is -2.22. The van der Waals surface area contributed by atoms with E-state index in [1.807, 2.05) is 6.20 Å². The molecule has 0 aliphatic carbocycles. The van der Waals surface area contributed by atoms with Crippen molar-refractivity contribution >= 4 is 44.2 Å². The largest absolute Gasteiger partial charge is 0.346 e. The molecule has 4 unspecified atom stereocenters. The lowest BCUT2D eigenvalue weighted by Crippen LogP contribution is -2.15. The molecule has 2 heterocycles. The van der Waals surface area contributed by atoms with E-state index in [0.717, 1.165) is 20.2 Å². The first-order valence-corrected chi connectivity index (χ1v) is 12.3. The first-order chi connectivity index (χ1) is 8.26. The number of rotatable bonds is 4. The van der Waals surface area contributed by atoms with E-state index >= 15 is 0 Å². The molecule has 2 nitrogen and oxygen atoms in total. The highest BCUT2D eigenvalue weighted by atomic mass is 32.6. The molecule has 1 N–H and O–H groups in total. The third-order valence-corrected chi connectivity index (χ3v) is 13.0. The molecule has 1 aromatic rings. The average Bonchev–Trinajstić information content (AvgIpc) is 2.37. The summed E-state index contributed by atoms with van der Waals surface area (Å²) >= 11 is 0. The highest BCUT2D eigenvalue weighted by molar-refractivity contribution is 8.63. The third kappa shape index (κ3) is 3.24. The summed E-state index contributed by atoms with van der Waals surface area (Å²) in [6, 6.07) is 2.19. The summed E-state index contributed by atoms with van der Waals surface area (Å²) in [6.07, 6.45) is 7.51. The van der Waals surface area contributed by atoms with E-state index in [1.54, 1.807) is 0 Å². The van der Waals surface area contributed by atoms with Crippen LogP contribution in [0.15, 0.2) is 24.0 Å². The van der Waals surface area contributed by atoms with Gasteiger partial charge < -0.3 is 5.32 Å². The molecule has 0 radical (unpaired) electrons. The second kappa shape index (κ2) is 6.54. The Labute approximate surface area is 110 Å². The van der Waals surface area contributed by atoms with Crippen LogP contribution in [0, 0.1) is 0 Å². The zero-order valence-corrected chi connectivity index (χ0v) is 14.1. The minimum atomic E-state index is -0.116. The van der Waals surface area contributed by atoms with Gasteiger partial charge in [0.05, 0.1) is 0 Å². The maximum absolute atomic E-state index is 4.43. The molecule has 1 aliphatic heterocycles. The van der Waals surface area contributed by atoms with Gasteiger partial charge in [0.15, 0.2) is 0 Å². The van der Waals surface area contributed by atoms with Gasteiger partial charge in [-0.3, -0.25) is 0 Å². The van der Waals surface area contributed by atoms with Crippen LogP contribution in [0.2, 0.25) is 0 Å². The van der Waals surface area contributed by atoms with Crippen molar-refractivity contribution in [2.24, 2.45) is 0 Å². The van der Waals surface area contributed by atoms with Crippen molar-refractivity contribution in [1.29, 1.82) is 0 Å². The molecule has 2 rings (SSSR count). The topological polar surface area (TPSA) is 24.9 Å². The normalized spacial score (nSPS) is 16.5. The van der Waals surface area contributed by atoms with Crippen LogP contribution in [0.25, 0.3) is 0 Å². The van der Waals surface area contributed by atoms with Gasteiger partial charge in [-0.1, -0.05) is 21.3 Å². The van der Waals surface area contributed by atoms with E-state index in [9.17, 15) is 0 Å². The first-order valence-electron chi connectivity index (χ1n) is 5.69. The molecule has 1 aliphatic rings. The van der Waals surface area contributed by atoms with Gasteiger partial charge in [-0.2, -0.15) is 0 Å². The van der Waals surface area contributed by atoms with Crippen molar-refractivity contribution in [3.63, 3.8) is 0 Å². The van der Waals surface area contributed by atoms with Gasteiger partial charge in [0.1, 0.15) is 5.82 Å². The van der Waals surface area contributed by atoms with Crippen LogP contribution in [-0.2, 0) is 6.42 Å². The van der Waals surface area contributed by atoms with Crippen molar-refractivity contribution < 1.29 is 0 Å². The Bertz CT molecular complexity index is 433. The van der Waals surface area contributed by atoms with E-state index in [4.69, 9.17) is 0 Å². The van der Waals surface area contributed by atoms with Crippen LogP contribution < -0.4 is 10.6 Å². The van der Waals surface area contributed by atoms with Gasteiger partial charge in [0, 0.05) is 18.0 Å². The lowest BCUT2D eigenvalue weighted by atomic mass is 10.0. The van der Waals surface area contributed by atoms with Crippen LogP contribution in [0.3, 0.4) is 0 Å². The monoisotopic (exact) mass is 302 g/mol. The SMILES string of the molecule is CCCC1=CNc2nccc(P(P)PP)c2C1. The summed E-state index contributed by atoms with van der Waals surface area (Å²) in [5, 5.41) is 4.82. The summed E-state index contributed by atoms with van der Waals surface area (Å²) in [4.78, 5) is 4.43. The smallest absolute Gasteiger partial charge is 0.134 e. The van der Waals surface area contributed by atoms with E-state index in [1.165, 1.54) is 29.3 Å². The number of aromatic nitrogens is 1. The van der Waals surface area contributed by atoms with Crippen molar-refractivity contribution in [2.75, 3.05) is 5.32 Å². The number of nitrogens with one attached hydrogen (secondary N) is 1. The van der Waals surface area contributed by atoms with E-state index < -0.39 is 0 Å². The number of fused-ring (bicyclic) bond motifs is 1. The van der Waals surface area contributed by atoms with Gasteiger partial charge in [0.2, 0.25) is 0 Å². The van der Waals surface area contributed by atoms with Crippen LogP contribution in [0.1, 0.15) is 25.3 Å². The summed E-state index contributed by atoms with van der Waals surface area (Å²) < 4.78 is 0. The quantitative estimate of drug-likeness (QED) is 0.850. The van der Waals surface area contributed by atoms with Crippen LogP contribution in [-0.4, -0.2) is 4.98 Å². The van der Waals surface area contributed by atoms with Crippen LogP contribution in [0.5, 0.6) is 0 Å². The summed E-state index contributed by atoms with van der Waals surface area (Å²) in [7, 11) is 6.65. The maximum Gasteiger partial charge on any atom is 0.134 e. The molecule has 17 heavy (non-hydrogen) atoms. The molecule has 0 bridgehead atoms. The number of allylic oxidation sites excluding steroid dienone is 1. The molecule has 0 fully saturated rings. The van der Waals surface area contributed by atoms with Gasteiger partial charge in [0.25, 0.3) is 0 Å². The van der Waals surface area contributed by atoms with E-state index in [-0.39, 0.29) is 7.30 Å². The Hall–Kier alpha value is 0.410. The number of hydrogen-bond donors (Lipinski definition) is 1. The first kappa shape index (κ1) is 13.8. The molecular weight excluding hydrogens is 284 g/mol. The summed E-state index contributed by atoms with van der Waals surface area (Å²) in [6.45, 7) is 2.23.